The Hall–Kier alpha value is -14.4. The van der Waals surface area contributed by atoms with Crippen LogP contribution in [0, 0.1) is 0 Å². The molecule has 5 heterocycles. The smallest absolute Gasteiger partial charge is 0.252 e. The molecule has 0 atom stereocenters. The van der Waals surface area contributed by atoms with E-state index in [1.54, 1.807) is 4.57 Å². The Kier molecular flexibility index (Phi) is 16.0. The maximum absolute atomic E-state index is 9.93. The molecular weight excluding hydrogens is 1480 g/mol. The van der Waals surface area contributed by atoms with Crippen LogP contribution >= 0.6 is 0 Å². The van der Waals surface area contributed by atoms with Crippen LogP contribution in [-0.2, 0) is 43.4 Å². The second kappa shape index (κ2) is 29.8. The molecule has 0 amide bonds. The summed E-state index contributed by atoms with van der Waals surface area (Å²) in [5.74, 6) is 0. The lowest BCUT2D eigenvalue weighted by molar-refractivity contribution is 0.590. The van der Waals surface area contributed by atoms with Crippen LogP contribution < -0.4 is 31.1 Å². The van der Waals surface area contributed by atoms with Gasteiger partial charge in [-0.2, -0.15) is 0 Å². The third kappa shape index (κ3) is 13.2. The van der Waals surface area contributed by atoms with Crippen molar-refractivity contribution >= 4 is 123 Å². The number of para-hydroxylation sites is 5. The first-order valence-corrected chi connectivity index (χ1v) is 42.5. The predicted octanol–water partition coefficient (Wildman–Crippen LogP) is 27.4. The summed E-state index contributed by atoms with van der Waals surface area (Å²) in [4.78, 5) is 7.52. The largest absolute Gasteiger partial charge is 0.338 e. The lowest BCUT2D eigenvalue weighted by Gasteiger charge is -2.45. The lowest BCUT2D eigenvalue weighted by Crippen LogP contribution is -2.62. The van der Waals surface area contributed by atoms with Crippen LogP contribution in [-0.4, -0.2) is 20.4 Å². The third-order valence-corrected chi connectivity index (χ3v) is 25.3. The third-order valence-electron chi connectivity index (χ3n) is 25.3. The fraction of sp³-hybridized carbons (Fsp3) is 0.113. The van der Waals surface area contributed by atoms with Crippen molar-refractivity contribution < 1.29 is 11.0 Å². The quantitative estimate of drug-likeness (QED) is 0.0850. The van der Waals surface area contributed by atoms with Gasteiger partial charge in [-0.25, -0.2) is 0 Å². The molecule has 0 aliphatic carbocycles. The van der Waals surface area contributed by atoms with Crippen LogP contribution in [0.15, 0.2) is 394 Å². The highest BCUT2D eigenvalue weighted by Crippen LogP contribution is 2.47. The van der Waals surface area contributed by atoms with Gasteiger partial charge in [-0.3, -0.25) is 0 Å². The van der Waals surface area contributed by atoms with Gasteiger partial charge in [0.25, 0.3) is 6.71 Å². The Balaban J connectivity index is 0.834. The van der Waals surface area contributed by atoms with Crippen LogP contribution in [0.3, 0.4) is 0 Å². The van der Waals surface area contributed by atoms with Gasteiger partial charge < -0.3 is 28.4 Å². The Morgan fingerprint density at radius 3 is 1.21 bits per heavy atom. The fourth-order valence-corrected chi connectivity index (χ4v) is 19.4. The van der Waals surface area contributed by atoms with Gasteiger partial charge in [0.05, 0.1) is 33.0 Å². The first-order valence-electron chi connectivity index (χ1n) is 46.5. The molecule has 0 saturated heterocycles. The minimum absolute atomic E-state index is 0.0152. The summed E-state index contributed by atoms with van der Waals surface area (Å²) in [6.07, 6.45) is 0.666. The predicted molar refractivity (Wildman–Crippen MR) is 517 cm³/mol. The van der Waals surface area contributed by atoms with E-state index in [1.165, 1.54) is 49.3 Å². The van der Waals surface area contributed by atoms with Crippen molar-refractivity contribution in [3.8, 4) is 44.8 Å². The second-order valence-electron chi connectivity index (χ2n) is 35.1. The second-order valence-corrected chi connectivity index (χ2v) is 35.1. The van der Waals surface area contributed by atoms with Crippen LogP contribution in [0.5, 0.6) is 0 Å². The molecule has 122 heavy (non-hydrogen) atoms. The van der Waals surface area contributed by atoms with Crippen LogP contribution in [0.4, 0.5) is 34.1 Å². The van der Waals surface area contributed by atoms with E-state index < -0.39 is 30.9 Å². The molecule has 6 nitrogen and oxygen atoms in total. The monoisotopic (exact) mass is 1580 g/mol. The van der Waals surface area contributed by atoms with Crippen molar-refractivity contribution in [3.63, 3.8) is 0 Å². The lowest BCUT2D eigenvalue weighted by atomic mass is 9.33. The summed E-state index contributed by atoms with van der Waals surface area (Å²) in [5, 5.41) is 4.85. The molecule has 0 N–H and O–H groups in total. The van der Waals surface area contributed by atoms with Gasteiger partial charge in [-0.05, 0) is 245 Å². The number of anilines is 6. The molecule has 22 rings (SSSR count). The van der Waals surface area contributed by atoms with Crippen molar-refractivity contribution in [1.29, 1.82) is 0 Å². The Labute approximate surface area is 726 Å². The van der Waals surface area contributed by atoms with Crippen LogP contribution in [0.25, 0.3) is 110 Å². The summed E-state index contributed by atoms with van der Waals surface area (Å²) >= 11 is 0. The maximum Gasteiger partial charge on any atom is 0.252 e. The van der Waals surface area contributed by atoms with Gasteiger partial charge in [0, 0.05) is 115 Å². The van der Waals surface area contributed by atoms with E-state index in [9.17, 15) is 8.22 Å². The van der Waals surface area contributed by atoms with Crippen molar-refractivity contribution in [2.75, 3.05) is 14.7 Å². The zero-order valence-electron chi connectivity index (χ0n) is 77.2. The van der Waals surface area contributed by atoms with Gasteiger partial charge in [0.1, 0.15) is 0 Å². The molecule has 7 heteroatoms. The molecule has 3 aromatic heterocycles. The van der Waals surface area contributed by atoms with E-state index in [2.05, 4.69) is 405 Å². The first kappa shape index (κ1) is 65.5. The van der Waals surface area contributed by atoms with Crippen molar-refractivity contribution in [3.05, 3.63) is 439 Å². The summed E-state index contributed by atoms with van der Waals surface area (Å²) in [5.41, 5.74) is 30.5. The Morgan fingerprint density at radius 1 is 0.287 bits per heavy atom. The van der Waals surface area contributed by atoms with E-state index in [4.69, 9.17) is 2.74 Å². The molecule has 2 aliphatic rings. The van der Waals surface area contributed by atoms with Crippen molar-refractivity contribution in [2.24, 2.45) is 0 Å². The molecule has 2 aliphatic heterocycles. The normalized spacial score (nSPS) is 13.5. The van der Waals surface area contributed by atoms with Gasteiger partial charge >= 0.3 is 0 Å². The van der Waals surface area contributed by atoms with Crippen molar-refractivity contribution in [2.45, 2.75) is 85.0 Å². The minimum atomic E-state index is -0.498. The van der Waals surface area contributed by atoms with E-state index in [0.29, 0.717) is 38.3 Å². The summed E-state index contributed by atoms with van der Waals surface area (Å²) in [6, 6.07) is 123. The fourth-order valence-electron chi connectivity index (χ4n) is 19.4. The molecule has 0 spiro atoms. The number of benzene rings is 17. The molecular formula is C115H93BN6. The van der Waals surface area contributed by atoms with E-state index in [1.807, 2.05) is 6.07 Å². The minimum Gasteiger partial charge on any atom is -0.338 e. The van der Waals surface area contributed by atoms with Crippen LogP contribution in [0.1, 0.15) is 97.0 Å². The van der Waals surface area contributed by atoms with E-state index in [0.717, 1.165) is 128 Å². The standard InChI is InChI=1S/C115H93BN6/c1-114(2,3)89-50-58-107-99(69-89)100-70-90(115(4,5)6)51-59-108(100)122(107)94-55-57-102-110(72-94)120(76-81-64-87(84-34-16-9-17-35-84)68-88(65-81)85-36-18-10-19-37-85)112-67-82(74-117(91-38-20-11-21-39-91)92-52-48-78(49-53-92)73-118-103-44-26-22-40-95(103)96-41-23-27-45-104(96)118)66-111-113(112)116(102)101-56-54-93(121-105-46-28-24-42-97(105)98-43-25-29-47-106(98)121)71-109(101)119(111)75-80-61-79(60-77-30-12-7-13-31-77)62-86(63-80)83-32-14-8-15-33-83/h7-59,61-72H,60,73-76H2,1-6H3/i24D,25D,28D,29D,42D,43D,46D,47D. The zero-order valence-corrected chi connectivity index (χ0v) is 69.2. The highest BCUT2D eigenvalue weighted by Gasteiger charge is 2.44. The van der Waals surface area contributed by atoms with Gasteiger partial charge in [0.15, 0.2) is 0 Å². The highest BCUT2D eigenvalue weighted by molar-refractivity contribution is 7.00. The average molecular weight is 1580 g/mol. The molecule has 0 fully saturated rings. The molecule has 20 aromatic rings. The Morgan fingerprint density at radius 2 is 0.713 bits per heavy atom. The molecule has 0 saturated carbocycles. The zero-order chi connectivity index (χ0) is 88.9. The molecule has 0 radical (unpaired) electrons. The number of aromatic nitrogens is 3. The summed E-state index contributed by atoms with van der Waals surface area (Å²) < 4.78 is 82.8. The molecule has 0 bridgehead atoms. The molecule has 0 unspecified atom stereocenters. The maximum atomic E-state index is 9.93. The topological polar surface area (TPSA) is 24.5 Å². The number of nitrogens with zero attached hydrogens (tertiary/aromatic N) is 6. The Bertz CT molecular complexity index is 7700. The summed E-state index contributed by atoms with van der Waals surface area (Å²) in [6.45, 7) is 15.1. The van der Waals surface area contributed by atoms with E-state index >= 15 is 0 Å². The molecule has 17 aromatic carbocycles. The molecule has 586 valence electrons. The number of fused-ring (bicyclic) bond motifs is 13. The van der Waals surface area contributed by atoms with Crippen LogP contribution in [0.2, 0.25) is 0 Å². The van der Waals surface area contributed by atoms with Gasteiger partial charge in [0.2, 0.25) is 0 Å². The van der Waals surface area contributed by atoms with E-state index in [-0.39, 0.29) is 56.8 Å². The number of hydrogen-bond acceptors (Lipinski definition) is 3. The SMILES string of the molecule is [2H]c1c([2H])c([2H])c2c(c1[2H])c1c([2H])c([2H])c([2H])c([2H])c1n2-c1ccc2c(c1)N(Cc1cc(Cc3ccccc3)cc(-c3ccccc3)c1)c1cc(CN(c3ccccc3)c3ccc(Cn4c5ccccc5c5ccccc54)cc3)cc3c1B2c1ccc(-n2c4ccc(C(C)(C)C)cc4c4cc(C(C)(C)C)ccc42)cc1N3Cc1cc(-c2ccccc2)cc(-c2ccccc2)c1. The number of hydrogen-bond donors (Lipinski definition) is 0. The average Bonchev–Trinajstić information content (AvgIpc) is 1.30. The summed E-state index contributed by atoms with van der Waals surface area (Å²) in [7, 11) is 0. The van der Waals surface area contributed by atoms with Gasteiger partial charge in [-0.15, -0.1) is 0 Å². The number of rotatable bonds is 17. The highest BCUT2D eigenvalue weighted by atomic mass is 15.2. The van der Waals surface area contributed by atoms with Crippen molar-refractivity contribution in [1.82, 2.24) is 13.7 Å². The van der Waals surface area contributed by atoms with Gasteiger partial charge in [-0.1, -0.05) is 302 Å². The first-order chi connectivity index (χ1) is 63.0.